The molecule has 0 bridgehead atoms. The van der Waals surface area contributed by atoms with E-state index in [0.717, 1.165) is 62.8 Å². The number of methoxy groups -OCH3 is 2. The predicted molar refractivity (Wildman–Crippen MR) is 227 cm³/mol. The van der Waals surface area contributed by atoms with Gasteiger partial charge in [0.2, 0.25) is 5.91 Å². The molecule has 4 N–H and O–H groups in total. The van der Waals surface area contributed by atoms with Crippen LogP contribution in [0.4, 0.5) is 57.5 Å². The van der Waals surface area contributed by atoms with Gasteiger partial charge in [-0.15, -0.1) is 0 Å². The smallest absolute Gasteiger partial charge is 0.416 e. The van der Waals surface area contributed by atoms with Crippen LogP contribution in [-0.2, 0) is 28.0 Å². The summed E-state index contributed by atoms with van der Waals surface area (Å²) in [5.41, 5.74) is -6.52. The Balaban J connectivity index is 1.94. The maximum atomic E-state index is 19.8. The minimum absolute atomic E-state index is 0.0285. The van der Waals surface area contributed by atoms with E-state index in [4.69, 9.17) is 20.9 Å². The van der Waals surface area contributed by atoms with E-state index in [1.165, 1.54) is 36.4 Å². The summed E-state index contributed by atoms with van der Waals surface area (Å²) < 4.78 is 206. The summed E-state index contributed by atoms with van der Waals surface area (Å²) in [5, 5.41) is 0. The molecule has 5 atom stereocenters. The van der Waals surface area contributed by atoms with Gasteiger partial charge in [0.1, 0.15) is 30.0 Å². The van der Waals surface area contributed by atoms with Crippen LogP contribution < -0.4 is 20.9 Å². The number of hydrogen-bond acceptors (Lipinski definition) is 4. The van der Waals surface area contributed by atoms with Crippen molar-refractivity contribution < 1.29 is 71.7 Å². The molecule has 0 saturated carbocycles. The number of benzene rings is 6. The molecular formula is C50H39F12N3O4. The van der Waals surface area contributed by atoms with Crippen molar-refractivity contribution in [3.05, 3.63) is 201 Å². The Morgan fingerprint density at radius 3 is 1.26 bits per heavy atom. The van der Waals surface area contributed by atoms with Gasteiger partial charge in [-0.3, -0.25) is 4.79 Å². The second-order valence-corrected chi connectivity index (χ2v) is 16.5. The Morgan fingerprint density at radius 1 is 0.565 bits per heavy atom. The Morgan fingerprint density at radius 2 is 0.942 bits per heavy atom. The maximum Gasteiger partial charge on any atom is 0.416 e. The molecule has 0 aromatic heterocycles. The third-order valence-corrected chi connectivity index (χ3v) is 13.0. The average Bonchev–Trinajstić information content (AvgIpc) is 3.73. The summed E-state index contributed by atoms with van der Waals surface area (Å²) in [5.74, 6) is -8.82. The summed E-state index contributed by atoms with van der Waals surface area (Å²) in [7, 11) is 1.88. The van der Waals surface area contributed by atoms with Crippen LogP contribution in [0.2, 0.25) is 0 Å². The van der Waals surface area contributed by atoms with Gasteiger partial charge in [-0.1, -0.05) is 72.8 Å². The number of nitrogens with zero attached hydrogens (tertiary/aromatic N) is 1. The number of carbonyl (C=O) groups is 2. The number of likely N-dealkylation sites (tertiary alicyclic amines) is 1. The Kier molecular flexibility index (Phi) is 13.2. The number of amides is 3. The summed E-state index contributed by atoms with van der Waals surface area (Å²) in [6.07, 6.45) is -18.4. The van der Waals surface area contributed by atoms with Crippen LogP contribution in [-0.4, -0.2) is 43.6 Å². The normalized spacial score (nSPS) is 19.0. The highest BCUT2D eigenvalue weighted by Crippen LogP contribution is 2.73. The van der Waals surface area contributed by atoms with Crippen molar-refractivity contribution in [2.45, 2.75) is 48.0 Å². The van der Waals surface area contributed by atoms with Crippen LogP contribution in [0.25, 0.3) is 0 Å². The predicted octanol–water partition coefficient (Wildman–Crippen LogP) is 11.6. The zero-order valence-electron chi connectivity index (χ0n) is 36.1. The van der Waals surface area contributed by atoms with E-state index < -0.39 is 151 Å². The third kappa shape index (κ3) is 8.34. The number of hydrogen-bond donors (Lipinski definition) is 2. The summed E-state index contributed by atoms with van der Waals surface area (Å²) >= 11 is 0. The van der Waals surface area contributed by atoms with Crippen LogP contribution in [0.5, 0.6) is 11.5 Å². The molecule has 3 amide bonds. The fourth-order valence-electron chi connectivity index (χ4n) is 10.3. The third-order valence-electron chi connectivity index (χ3n) is 13.0. The standard InChI is InChI=1S/C50H39F12N3O4/c1-68-40-23-29(13-15-37(40)53)47(42(55)27-9-5-3-6-10-27,31-17-33(49(57,58)59)21-35(51)19-31)46(25-39(44(63)66)65(26-46)45(64)67)48(43(56)28-11-7-4-8-12-28,30-14-16-38(54)41(24-30)69-2)32-18-34(50(60,61)62)22-36(52)20-32/h3-24,39,42-43H,25-26H2,1-2H3,(H2,63,66)(H2,64,67). The molecule has 7 nitrogen and oxygen atoms in total. The van der Waals surface area contributed by atoms with Gasteiger partial charge in [0.25, 0.3) is 0 Å². The van der Waals surface area contributed by atoms with Crippen molar-refractivity contribution in [3.63, 3.8) is 0 Å². The molecule has 1 heterocycles. The summed E-state index contributed by atoms with van der Waals surface area (Å²) in [6, 6.07) is 14.3. The highest BCUT2D eigenvalue weighted by molar-refractivity contribution is 5.87. The first-order valence-electron chi connectivity index (χ1n) is 20.7. The molecule has 1 saturated heterocycles. The second kappa shape index (κ2) is 18.4. The first-order valence-corrected chi connectivity index (χ1v) is 20.7. The largest absolute Gasteiger partial charge is 0.494 e. The molecule has 7 rings (SSSR count). The van der Waals surface area contributed by atoms with Gasteiger partial charge in [0, 0.05) is 12.0 Å². The number of carbonyl (C=O) groups excluding carboxylic acids is 2. The molecule has 0 aliphatic carbocycles. The van der Waals surface area contributed by atoms with E-state index >= 15 is 52.7 Å². The fourth-order valence-corrected chi connectivity index (χ4v) is 10.3. The zero-order valence-corrected chi connectivity index (χ0v) is 36.1. The highest BCUT2D eigenvalue weighted by Gasteiger charge is 2.75. The molecule has 0 spiro atoms. The zero-order chi connectivity index (χ0) is 50.4. The first kappa shape index (κ1) is 49.7. The molecule has 362 valence electrons. The number of alkyl halides is 8. The molecule has 19 heteroatoms. The van der Waals surface area contributed by atoms with Crippen molar-refractivity contribution >= 4 is 11.9 Å². The molecule has 1 aliphatic heterocycles. The van der Waals surface area contributed by atoms with E-state index in [1.54, 1.807) is 0 Å². The monoisotopic (exact) mass is 973 g/mol. The van der Waals surface area contributed by atoms with Gasteiger partial charge in [0.15, 0.2) is 23.1 Å². The van der Waals surface area contributed by atoms with E-state index in [1.807, 2.05) is 0 Å². The van der Waals surface area contributed by atoms with E-state index in [9.17, 15) is 9.59 Å². The lowest BCUT2D eigenvalue weighted by atomic mass is 9.40. The van der Waals surface area contributed by atoms with Crippen LogP contribution >= 0.6 is 0 Å². The molecule has 1 aliphatic rings. The lowest BCUT2D eigenvalue weighted by Crippen LogP contribution is -2.64. The van der Waals surface area contributed by atoms with E-state index in [0.29, 0.717) is 29.2 Å². The Hall–Kier alpha value is -7.18. The maximum absolute atomic E-state index is 19.8. The number of nitrogens with two attached hydrogens (primary N) is 2. The first-order chi connectivity index (χ1) is 32.5. The van der Waals surface area contributed by atoms with Gasteiger partial charge in [-0.2, -0.15) is 26.3 Å². The lowest BCUT2D eigenvalue weighted by molar-refractivity contribution is -0.138. The SMILES string of the molecule is COc1cc(C(c2cc(F)cc(C(F)(F)F)c2)(C(F)c2ccccc2)C2(C(c3cc(F)cc(C(F)(F)F)c3)(c3ccc(F)c(OC)c3)C(F)c3ccccc3)CC(C(N)=O)N(C(N)=O)C2)ccc1F. The van der Waals surface area contributed by atoms with Crippen LogP contribution in [0, 0.1) is 28.7 Å². The summed E-state index contributed by atoms with van der Waals surface area (Å²) in [4.78, 5) is 28.2. The number of primary amides is 2. The second-order valence-electron chi connectivity index (χ2n) is 16.5. The molecule has 1 fully saturated rings. The van der Waals surface area contributed by atoms with Crippen LogP contribution in [0.1, 0.15) is 63.3 Å². The molecule has 5 unspecified atom stereocenters. The molecule has 0 radical (unpaired) electrons. The minimum Gasteiger partial charge on any atom is -0.494 e. The number of urea groups is 1. The topological polar surface area (TPSA) is 108 Å². The van der Waals surface area contributed by atoms with Gasteiger partial charge < -0.3 is 25.8 Å². The molecule has 6 aromatic carbocycles. The Labute approximate surface area is 386 Å². The Bertz CT molecular complexity index is 2690. The van der Waals surface area contributed by atoms with Crippen molar-refractivity contribution in [2.24, 2.45) is 16.9 Å². The van der Waals surface area contributed by atoms with Gasteiger partial charge in [0.05, 0.1) is 36.2 Å². The quantitative estimate of drug-likeness (QED) is 0.112. The summed E-state index contributed by atoms with van der Waals surface area (Å²) in [6.45, 7) is -1.41. The number of ether oxygens (including phenoxy) is 2. The van der Waals surface area contributed by atoms with Gasteiger partial charge >= 0.3 is 18.4 Å². The molecular weight excluding hydrogens is 935 g/mol. The van der Waals surface area contributed by atoms with Gasteiger partial charge in [-0.25, -0.2) is 31.1 Å². The van der Waals surface area contributed by atoms with E-state index in [-0.39, 0.29) is 24.3 Å². The van der Waals surface area contributed by atoms with Crippen molar-refractivity contribution in [2.75, 3.05) is 20.8 Å². The number of rotatable bonds is 13. The highest BCUT2D eigenvalue weighted by atomic mass is 19.4. The van der Waals surface area contributed by atoms with Crippen molar-refractivity contribution in [1.29, 1.82) is 0 Å². The number of halogens is 12. The fraction of sp³-hybridized carbons (Fsp3) is 0.240. The van der Waals surface area contributed by atoms with E-state index in [2.05, 4.69) is 0 Å². The van der Waals surface area contributed by atoms with Gasteiger partial charge in [-0.05, 0) is 100 Å². The average molecular weight is 974 g/mol. The van der Waals surface area contributed by atoms with Crippen molar-refractivity contribution in [1.82, 2.24) is 4.90 Å². The lowest BCUT2D eigenvalue weighted by Gasteiger charge is -2.62. The van der Waals surface area contributed by atoms with Crippen LogP contribution in [0.3, 0.4) is 0 Å². The molecule has 6 aromatic rings. The van der Waals surface area contributed by atoms with Crippen LogP contribution in [0.15, 0.2) is 133 Å². The van der Waals surface area contributed by atoms with Crippen molar-refractivity contribution in [3.8, 4) is 11.5 Å². The minimum atomic E-state index is -5.47. The molecule has 69 heavy (non-hydrogen) atoms.